The topological polar surface area (TPSA) is 169 Å². The molecule has 1 unspecified atom stereocenters. The van der Waals surface area contributed by atoms with Gasteiger partial charge in [-0.25, -0.2) is 23.1 Å². The third kappa shape index (κ3) is 7.43. The zero-order valence-electron chi connectivity index (χ0n) is 34.4. The molecule has 5 aromatic rings. The summed E-state index contributed by atoms with van der Waals surface area (Å²) in [5.41, 5.74) is 1.95. The minimum absolute atomic E-state index is 0.00797. The maximum atomic E-state index is 14.3. The summed E-state index contributed by atoms with van der Waals surface area (Å²) >= 11 is 0. The van der Waals surface area contributed by atoms with Gasteiger partial charge in [0.15, 0.2) is 11.3 Å². The summed E-state index contributed by atoms with van der Waals surface area (Å²) in [6, 6.07) is 6.58. The van der Waals surface area contributed by atoms with Crippen LogP contribution in [0.3, 0.4) is 0 Å². The van der Waals surface area contributed by atoms with Gasteiger partial charge in [-0.3, -0.25) is 38.4 Å². The second-order valence-electron chi connectivity index (χ2n) is 17.5. The van der Waals surface area contributed by atoms with E-state index in [4.69, 9.17) is 9.72 Å². The number of nitrogens with zero attached hydrogens (tertiary/aromatic N) is 10. The van der Waals surface area contributed by atoms with Crippen LogP contribution < -0.4 is 21.2 Å². The molecule has 17 nitrogen and oxygen atoms in total. The summed E-state index contributed by atoms with van der Waals surface area (Å²) < 4.78 is 40.1. The van der Waals surface area contributed by atoms with E-state index in [1.807, 2.05) is 24.3 Å². The highest BCUT2D eigenvalue weighted by molar-refractivity contribution is 6.08. The average molecular weight is 851 g/mol. The molecule has 8 heterocycles. The first-order valence-electron chi connectivity index (χ1n) is 21.4. The Morgan fingerprint density at radius 2 is 1.81 bits per heavy atom. The number of aryl methyl sites for hydroxylation is 1. The van der Waals surface area contributed by atoms with Gasteiger partial charge in [-0.05, 0) is 56.2 Å². The van der Waals surface area contributed by atoms with Crippen LogP contribution in [0, 0.1) is 23.2 Å². The van der Waals surface area contributed by atoms with Crippen molar-refractivity contribution in [3.8, 4) is 11.8 Å². The number of benzene rings is 1. The molecular formula is C43H48F2N12O5. The third-order valence-electron chi connectivity index (χ3n) is 13.3. The highest BCUT2D eigenvalue weighted by Gasteiger charge is 2.49. The normalized spacial score (nSPS) is 23.0. The Labute approximate surface area is 355 Å². The van der Waals surface area contributed by atoms with Crippen molar-refractivity contribution < 1.29 is 27.9 Å². The van der Waals surface area contributed by atoms with E-state index in [0.717, 1.165) is 90.5 Å². The van der Waals surface area contributed by atoms with Gasteiger partial charge in [-0.15, -0.1) is 0 Å². The van der Waals surface area contributed by atoms with Crippen molar-refractivity contribution in [1.82, 2.24) is 48.6 Å². The van der Waals surface area contributed by atoms with Gasteiger partial charge in [0.05, 0.1) is 59.7 Å². The lowest BCUT2D eigenvalue weighted by molar-refractivity contribution is -0.135. The molecule has 0 bridgehead atoms. The van der Waals surface area contributed by atoms with Crippen LogP contribution >= 0.6 is 0 Å². The number of ether oxygens (including phenoxy) is 1. The minimum atomic E-state index is -2.86. The molecule has 1 aromatic carbocycles. The quantitative estimate of drug-likeness (QED) is 0.165. The van der Waals surface area contributed by atoms with Crippen molar-refractivity contribution in [3.63, 3.8) is 0 Å². The van der Waals surface area contributed by atoms with E-state index in [0.29, 0.717) is 34.7 Å². The monoisotopic (exact) mass is 850 g/mol. The molecule has 10 rings (SSSR count). The predicted octanol–water partition coefficient (Wildman–Crippen LogP) is 2.98. The molecule has 4 aromatic heterocycles. The average Bonchev–Trinajstić information content (AvgIpc) is 3.92. The van der Waals surface area contributed by atoms with Gasteiger partial charge in [0.2, 0.25) is 11.8 Å². The number of amides is 3. The summed E-state index contributed by atoms with van der Waals surface area (Å²) in [7, 11) is 1.68. The highest BCUT2D eigenvalue weighted by Crippen LogP contribution is 2.40. The predicted molar refractivity (Wildman–Crippen MR) is 223 cm³/mol. The number of piperazine rings is 1. The van der Waals surface area contributed by atoms with Crippen LogP contribution in [0.4, 0.5) is 20.3 Å². The van der Waals surface area contributed by atoms with Crippen LogP contribution in [0.1, 0.15) is 78.6 Å². The van der Waals surface area contributed by atoms with Crippen LogP contribution in [0.15, 0.2) is 47.7 Å². The van der Waals surface area contributed by atoms with E-state index < -0.39 is 30.0 Å². The minimum Gasteiger partial charge on any atom is -0.380 e. The molecule has 3 amide bonds. The van der Waals surface area contributed by atoms with Crippen LogP contribution in [-0.2, 0) is 21.4 Å². The van der Waals surface area contributed by atoms with Gasteiger partial charge in [0.1, 0.15) is 17.4 Å². The molecule has 1 aliphatic carbocycles. The molecule has 1 atom stereocenters. The molecule has 0 radical (unpaired) electrons. The maximum Gasteiger partial charge on any atom is 0.329 e. The number of hydrogen-bond acceptors (Lipinski definition) is 11. The molecule has 19 heteroatoms. The number of halogens is 2. The van der Waals surface area contributed by atoms with Crippen LogP contribution in [0.2, 0.25) is 0 Å². The molecule has 62 heavy (non-hydrogen) atoms. The first-order valence-corrected chi connectivity index (χ1v) is 21.4. The van der Waals surface area contributed by atoms with Crippen LogP contribution in [0.25, 0.3) is 16.7 Å². The summed E-state index contributed by atoms with van der Waals surface area (Å²) in [6.45, 7) is 8.28. The summed E-state index contributed by atoms with van der Waals surface area (Å²) in [5, 5.41) is 13.6. The molecule has 5 fully saturated rings. The lowest BCUT2D eigenvalue weighted by atomic mass is 9.78. The van der Waals surface area contributed by atoms with Gasteiger partial charge in [-0.2, -0.15) is 10.2 Å². The number of aromatic nitrogens is 7. The molecule has 4 aliphatic heterocycles. The number of hydrogen-bond donors (Lipinski definition) is 2. The Bertz CT molecular complexity index is 2680. The number of nitrogens with one attached hydrogen (secondary N) is 2. The number of carbonyl (C=O) groups is 3. The van der Waals surface area contributed by atoms with E-state index in [1.54, 1.807) is 17.9 Å². The molecular weight excluding hydrogens is 803 g/mol. The maximum absolute atomic E-state index is 14.3. The van der Waals surface area contributed by atoms with Crippen molar-refractivity contribution in [2.24, 2.45) is 18.4 Å². The van der Waals surface area contributed by atoms with Gasteiger partial charge >= 0.3 is 5.69 Å². The van der Waals surface area contributed by atoms with E-state index in [9.17, 15) is 28.0 Å². The molecule has 5 aliphatic rings. The van der Waals surface area contributed by atoms with Crippen molar-refractivity contribution in [3.05, 3.63) is 70.2 Å². The Kier molecular flexibility index (Phi) is 10.4. The van der Waals surface area contributed by atoms with Crippen molar-refractivity contribution in [1.29, 1.82) is 0 Å². The zero-order chi connectivity index (χ0) is 42.7. The number of para-hydroxylation sites is 1. The van der Waals surface area contributed by atoms with Gasteiger partial charge in [0.25, 0.3) is 12.3 Å². The van der Waals surface area contributed by atoms with E-state index in [2.05, 4.69) is 47.4 Å². The number of alkyl halides is 2. The molecule has 1 spiro atoms. The lowest BCUT2D eigenvalue weighted by Gasteiger charge is -2.55. The van der Waals surface area contributed by atoms with E-state index >= 15 is 0 Å². The largest absolute Gasteiger partial charge is 0.380 e. The fourth-order valence-electron chi connectivity index (χ4n) is 9.84. The van der Waals surface area contributed by atoms with Gasteiger partial charge in [-0.1, -0.05) is 17.9 Å². The van der Waals surface area contributed by atoms with Crippen LogP contribution in [0.5, 0.6) is 0 Å². The Morgan fingerprint density at radius 3 is 2.53 bits per heavy atom. The number of rotatable bonds is 9. The number of piperidine rings is 1. The number of imide groups is 1. The number of anilines is 2. The molecule has 324 valence electrons. The Hall–Kier alpha value is -5.97. The summed E-state index contributed by atoms with van der Waals surface area (Å²) in [4.78, 5) is 62.8. The molecule has 4 saturated heterocycles. The van der Waals surface area contributed by atoms with Crippen molar-refractivity contribution in [2.45, 2.75) is 57.0 Å². The first kappa shape index (κ1) is 40.1. The lowest BCUT2D eigenvalue weighted by Crippen LogP contribution is -2.66. The second-order valence-corrected chi connectivity index (χ2v) is 17.5. The highest BCUT2D eigenvalue weighted by atomic mass is 19.3. The first-order chi connectivity index (χ1) is 30.0. The number of imidazole rings is 1. The van der Waals surface area contributed by atoms with E-state index in [1.165, 1.54) is 26.0 Å². The van der Waals surface area contributed by atoms with Gasteiger partial charge < -0.3 is 19.9 Å². The zero-order valence-corrected chi connectivity index (χ0v) is 34.4. The Morgan fingerprint density at radius 1 is 1.03 bits per heavy atom. The number of fused-ring (bicyclic) bond motifs is 2. The Balaban J connectivity index is 0.713. The number of carbonyl (C=O) groups excluding carboxylic acids is 3. The second kappa shape index (κ2) is 16.1. The molecule has 1 saturated carbocycles. The fourth-order valence-corrected chi connectivity index (χ4v) is 9.84. The summed E-state index contributed by atoms with van der Waals surface area (Å²) in [6.07, 6.45) is 5.78. The van der Waals surface area contributed by atoms with Crippen molar-refractivity contribution >= 4 is 45.9 Å². The standard InChI is InChI=1S/C43H48F2N12O5/c1-51-37-28(4-2-6-32(37)57(42(51)61)33-11-12-35(58)49-41(33)60)5-3-14-52-16-18-53(19-17-52)21-27-7-9-29(10-8-27)56-22-31(36(50-56)38(44)45)47-40(59)30-20-46-55-15-13-34(48-39(30)55)54-23-43(24-54)25-62-26-43/h2,4,6,13,15,20,22,27,29,33,38H,7-12,14,16-19,21,23-26H2,1H3,(H,47,59)(H,49,58,60). The van der Waals surface area contributed by atoms with Crippen molar-refractivity contribution in [2.75, 3.05) is 75.8 Å². The summed E-state index contributed by atoms with van der Waals surface area (Å²) in [5.74, 6) is 6.42. The third-order valence-corrected chi connectivity index (χ3v) is 13.3. The molecule has 2 N–H and O–H groups in total. The van der Waals surface area contributed by atoms with Gasteiger partial charge in [0, 0.05) is 71.7 Å². The smallest absolute Gasteiger partial charge is 0.329 e. The van der Waals surface area contributed by atoms with Crippen LogP contribution in [-0.4, -0.2) is 127 Å². The fraction of sp³-hybridized carbons (Fsp3) is 0.512. The van der Waals surface area contributed by atoms with E-state index in [-0.39, 0.29) is 47.1 Å². The SMILES string of the molecule is Cn1c(=O)n(C2CCC(=O)NC2=O)c2cccc(C#CCN3CCN(CC4CCC(n5cc(NC(=O)c6cnn7ccc(N8CC9(COC9)C8)nc67)c(C(F)F)n5)CC4)CC3)c21.